The molecule has 1 heterocycles. The van der Waals surface area contributed by atoms with Crippen LogP contribution >= 0.6 is 0 Å². The van der Waals surface area contributed by atoms with E-state index in [-0.39, 0.29) is 17.9 Å². The molecule has 0 radical (unpaired) electrons. The van der Waals surface area contributed by atoms with Gasteiger partial charge in [-0.25, -0.2) is 0 Å². The minimum atomic E-state index is -0.765. The molecule has 0 aromatic heterocycles. The van der Waals surface area contributed by atoms with Crippen molar-refractivity contribution in [2.75, 3.05) is 6.54 Å². The van der Waals surface area contributed by atoms with Crippen molar-refractivity contribution in [3.05, 3.63) is 0 Å². The largest absolute Gasteiger partial charge is 0.481 e. The Morgan fingerprint density at radius 1 is 1.22 bits per heavy atom. The number of carbonyl (C=O) groups excluding carboxylic acids is 1. The summed E-state index contributed by atoms with van der Waals surface area (Å²) in [6.07, 6.45) is 6.93. The zero-order chi connectivity index (χ0) is 13.1. The van der Waals surface area contributed by atoms with Crippen LogP contribution in [0.25, 0.3) is 0 Å². The maximum atomic E-state index is 12.2. The van der Waals surface area contributed by atoms with Gasteiger partial charge in [-0.15, -0.1) is 0 Å². The van der Waals surface area contributed by atoms with Crippen LogP contribution in [0.1, 0.15) is 51.9 Å². The van der Waals surface area contributed by atoms with Gasteiger partial charge in [-0.05, 0) is 32.1 Å². The van der Waals surface area contributed by atoms with Crippen LogP contribution in [0.4, 0.5) is 0 Å². The Morgan fingerprint density at radius 3 is 2.50 bits per heavy atom. The average molecular weight is 253 g/mol. The van der Waals surface area contributed by atoms with E-state index in [0.717, 1.165) is 25.3 Å². The second-order valence-corrected chi connectivity index (χ2v) is 5.75. The van der Waals surface area contributed by atoms with Crippen molar-refractivity contribution >= 4 is 11.9 Å². The molecule has 102 valence electrons. The van der Waals surface area contributed by atoms with Crippen LogP contribution in [0.15, 0.2) is 0 Å². The number of carbonyl (C=O) groups is 2. The molecule has 2 fully saturated rings. The van der Waals surface area contributed by atoms with Crippen molar-refractivity contribution in [3.8, 4) is 0 Å². The predicted octanol–water partition coefficient (Wildman–Crippen LogP) is 2.28. The normalized spacial score (nSPS) is 28.8. The molecule has 2 rings (SSSR count). The summed E-state index contributed by atoms with van der Waals surface area (Å²) in [6, 6.07) is -0.148. The average Bonchev–Trinajstić information content (AvgIpc) is 2.26. The second-order valence-electron chi connectivity index (χ2n) is 5.75. The molecule has 1 N–H and O–H groups in total. The van der Waals surface area contributed by atoms with E-state index in [2.05, 4.69) is 0 Å². The van der Waals surface area contributed by atoms with E-state index in [0.29, 0.717) is 12.8 Å². The van der Waals surface area contributed by atoms with Crippen molar-refractivity contribution in [1.29, 1.82) is 0 Å². The molecule has 0 aromatic carbocycles. The lowest BCUT2D eigenvalue weighted by Gasteiger charge is -2.38. The summed E-state index contributed by atoms with van der Waals surface area (Å²) in [7, 11) is 0. The summed E-state index contributed by atoms with van der Waals surface area (Å²) in [5.41, 5.74) is 0. The van der Waals surface area contributed by atoms with Gasteiger partial charge in [-0.1, -0.05) is 19.3 Å². The lowest BCUT2D eigenvalue weighted by molar-refractivity contribution is -0.149. The van der Waals surface area contributed by atoms with Gasteiger partial charge >= 0.3 is 5.97 Å². The Balaban J connectivity index is 1.85. The zero-order valence-corrected chi connectivity index (χ0v) is 11.1. The molecular weight excluding hydrogens is 230 g/mol. The van der Waals surface area contributed by atoms with Crippen molar-refractivity contribution in [1.82, 2.24) is 4.90 Å². The summed E-state index contributed by atoms with van der Waals surface area (Å²) in [5.74, 6) is -0.255. The lowest BCUT2D eigenvalue weighted by Crippen LogP contribution is -2.49. The molecule has 18 heavy (non-hydrogen) atoms. The summed E-state index contributed by atoms with van der Waals surface area (Å²) >= 11 is 0. The fourth-order valence-corrected chi connectivity index (χ4v) is 3.08. The predicted molar refractivity (Wildman–Crippen MR) is 68.1 cm³/mol. The fraction of sp³-hybridized carbons (Fsp3) is 0.857. The van der Waals surface area contributed by atoms with Gasteiger partial charge in [0.1, 0.15) is 0 Å². The molecule has 4 heteroatoms. The van der Waals surface area contributed by atoms with Crippen LogP contribution in [0.2, 0.25) is 0 Å². The van der Waals surface area contributed by atoms with E-state index in [1.54, 1.807) is 4.90 Å². The highest BCUT2D eigenvalue weighted by molar-refractivity contribution is 5.78. The maximum Gasteiger partial charge on any atom is 0.308 e. The van der Waals surface area contributed by atoms with E-state index in [1.165, 1.54) is 19.3 Å². The zero-order valence-electron chi connectivity index (χ0n) is 11.1. The number of likely N-dealkylation sites (tertiary alicyclic amines) is 1. The van der Waals surface area contributed by atoms with Crippen LogP contribution in [0.3, 0.4) is 0 Å². The highest BCUT2D eigenvalue weighted by atomic mass is 16.4. The number of carboxylic acids is 1. The Bertz CT molecular complexity index is 325. The van der Waals surface area contributed by atoms with Crippen LogP contribution in [0, 0.1) is 11.8 Å². The standard InChI is InChI=1S/C14H23NO3/c1-10-12(14(17)18)6-3-9-15(10)13(16)8-7-11-4-2-5-11/h10-12H,2-9H2,1H3,(H,17,18)/t10-,12-/m1/s1. The van der Waals surface area contributed by atoms with Gasteiger partial charge in [-0.2, -0.15) is 0 Å². The first-order valence-corrected chi connectivity index (χ1v) is 7.12. The highest BCUT2D eigenvalue weighted by Crippen LogP contribution is 2.31. The highest BCUT2D eigenvalue weighted by Gasteiger charge is 2.35. The van der Waals surface area contributed by atoms with Crippen LogP contribution < -0.4 is 0 Å². The molecule has 0 spiro atoms. The number of aliphatic carboxylic acids is 1. The summed E-state index contributed by atoms with van der Waals surface area (Å²) < 4.78 is 0. The van der Waals surface area contributed by atoms with E-state index in [1.807, 2.05) is 6.92 Å². The quantitative estimate of drug-likeness (QED) is 0.836. The van der Waals surface area contributed by atoms with Crippen LogP contribution in [-0.2, 0) is 9.59 Å². The van der Waals surface area contributed by atoms with E-state index in [4.69, 9.17) is 5.11 Å². The molecule has 1 amide bonds. The summed E-state index contributed by atoms with van der Waals surface area (Å²) in [5, 5.41) is 9.14. The monoisotopic (exact) mass is 253 g/mol. The van der Waals surface area contributed by atoms with Gasteiger partial charge in [0, 0.05) is 19.0 Å². The molecule has 0 aromatic rings. The van der Waals surface area contributed by atoms with Crippen LogP contribution in [0.5, 0.6) is 0 Å². The Labute approximate surface area is 108 Å². The number of carboxylic acid groups (broad SMARTS) is 1. The van der Waals surface area contributed by atoms with E-state index >= 15 is 0 Å². The molecule has 0 bridgehead atoms. The minimum Gasteiger partial charge on any atom is -0.481 e. The molecule has 2 aliphatic rings. The summed E-state index contributed by atoms with van der Waals surface area (Å²) in [6.45, 7) is 2.60. The first kappa shape index (κ1) is 13.4. The number of hydrogen-bond acceptors (Lipinski definition) is 2. The summed E-state index contributed by atoms with van der Waals surface area (Å²) in [4.78, 5) is 25.1. The van der Waals surface area contributed by atoms with Crippen molar-refractivity contribution in [2.24, 2.45) is 11.8 Å². The first-order chi connectivity index (χ1) is 8.59. The molecule has 0 unspecified atom stereocenters. The number of amides is 1. The van der Waals surface area contributed by atoms with Crippen molar-refractivity contribution in [3.63, 3.8) is 0 Å². The fourth-order valence-electron chi connectivity index (χ4n) is 3.08. The SMILES string of the molecule is C[C@@H]1[C@H](C(=O)O)CCCN1C(=O)CCC1CCC1. The molecule has 1 saturated carbocycles. The Kier molecular flexibility index (Phi) is 4.25. The number of piperidine rings is 1. The molecule has 1 saturated heterocycles. The van der Waals surface area contributed by atoms with Gasteiger partial charge < -0.3 is 10.0 Å². The number of rotatable bonds is 4. The third-order valence-electron chi connectivity index (χ3n) is 4.62. The maximum absolute atomic E-state index is 12.2. The Morgan fingerprint density at radius 2 is 1.94 bits per heavy atom. The van der Waals surface area contributed by atoms with Gasteiger partial charge in [-0.3, -0.25) is 9.59 Å². The lowest BCUT2D eigenvalue weighted by atomic mass is 9.82. The van der Waals surface area contributed by atoms with Gasteiger partial charge in [0.15, 0.2) is 0 Å². The first-order valence-electron chi connectivity index (χ1n) is 7.12. The van der Waals surface area contributed by atoms with Gasteiger partial charge in [0.25, 0.3) is 0 Å². The second kappa shape index (κ2) is 5.72. The smallest absolute Gasteiger partial charge is 0.308 e. The number of nitrogens with zero attached hydrogens (tertiary/aromatic N) is 1. The third-order valence-corrected chi connectivity index (χ3v) is 4.62. The topological polar surface area (TPSA) is 57.6 Å². The van der Waals surface area contributed by atoms with Crippen molar-refractivity contribution < 1.29 is 14.7 Å². The van der Waals surface area contributed by atoms with E-state index < -0.39 is 5.97 Å². The minimum absolute atomic E-state index is 0.148. The van der Waals surface area contributed by atoms with Gasteiger partial charge in [0.05, 0.1) is 5.92 Å². The molecule has 1 aliphatic carbocycles. The molecule has 1 aliphatic heterocycles. The molecule has 4 nitrogen and oxygen atoms in total. The van der Waals surface area contributed by atoms with Gasteiger partial charge in [0.2, 0.25) is 5.91 Å². The van der Waals surface area contributed by atoms with E-state index in [9.17, 15) is 9.59 Å². The number of hydrogen-bond donors (Lipinski definition) is 1. The molecular formula is C14H23NO3. The third kappa shape index (κ3) is 2.85. The van der Waals surface area contributed by atoms with Crippen molar-refractivity contribution in [2.45, 2.75) is 57.9 Å². The Hall–Kier alpha value is -1.06. The van der Waals surface area contributed by atoms with Crippen LogP contribution in [-0.4, -0.2) is 34.5 Å². The molecule has 2 atom stereocenters.